The van der Waals surface area contributed by atoms with Gasteiger partial charge in [0.15, 0.2) is 5.13 Å². The second-order valence-electron chi connectivity index (χ2n) is 4.74. The van der Waals surface area contributed by atoms with Crippen LogP contribution in [-0.4, -0.2) is 24.0 Å². The molecule has 0 aliphatic rings. The largest absolute Gasteiger partial charge is 0.497 e. The number of amides is 1. The van der Waals surface area contributed by atoms with Crippen molar-refractivity contribution < 1.29 is 9.53 Å². The Bertz CT molecular complexity index is 603. The van der Waals surface area contributed by atoms with Crippen molar-refractivity contribution in [2.24, 2.45) is 0 Å². The molecule has 0 fully saturated rings. The van der Waals surface area contributed by atoms with Crippen molar-refractivity contribution in [1.82, 2.24) is 4.98 Å². The summed E-state index contributed by atoms with van der Waals surface area (Å²) in [5.74, 6) is 0.672. The van der Waals surface area contributed by atoms with E-state index in [0.717, 1.165) is 22.0 Å². The van der Waals surface area contributed by atoms with Crippen molar-refractivity contribution in [2.45, 2.75) is 26.8 Å². The first-order chi connectivity index (χ1) is 9.99. The molecule has 0 aliphatic heterocycles. The summed E-state index contributed by atoms with van der Waals surface area (Å²) in [6.45, 7) is 5.73. The number of carbonyl (C=O) groups is 1. The van der Waals surface area contributed by atoms with Crippen molar-refractivity contribution in [2.75, 3.05) is 17.7 Å². The lowest BCUT2D eigenvalue weighted by Gasteiger charge is -2.14. The Kier molecular flexibility index (Phi) is 4.80. The summed E-state index contributed by atoms with van der Waals surface area (Å²) in [6.07, 6.45) is 0. The number of methoxy groups -OCH3 is 1. The number of ether oxygens (including phenoxy) is 1. The summed E-state index contributed by atoms with van der Waals surface area (Å²) in [7, 11) is 1.62. The Morgan fingerprint density at radius 1 is 1.29 bits per heavy atom. The molecule has 21 heavy (non-hydrogen) atoms. The van der Waals surface area contributed by atoms with Crippen LogP contribution in [0.1, 0.15) is 17.5 Å². The molecular formula is C15H19N3O2S. The van der Waals surface area contributed by atoms with Crippen LogP contribution in [-0.2, 0) is 4.79 Å². The maximum Gasteiger partial charge on any atom is 0.248 e. The van der Waals surface area contributed by atoms with E-state index in [1.54, 1.807) is 7.11 Å². The van der Waals surface area contributed by atoms with Gasteiger partial charge in [0.25, 0.3) is 0 Å². The van der Waals surface area contributed by atoms with Gasteiger partial charge in [-0.05, 0) is 45.0 Å². The molecule has 0 spiro atoms. The number of hydrogen-bond acceptors (Lipinski definition) is 5. The number of aryl methyl sites for hydroxylation is 2. The Labute approximate surface area is 128 Å². The van der Waals surface area contributed by atoms with Crippen LogP contribution in [0.5, 0.6) is 5.75 Å². The highest BCUT2D eigenvalue weighted by Crippen LogP contribution is 2.21. The first kappa shape index (κ1) is 15.3. The van der Waals surface area contributed by atoms with Gasteiger partial charge in [0.1, 0.15) is 11.8 Å². The van der Waals surface area contributed by atoms with E-state index >= 15 is 0 Å². The monoisotopic (exact) mass is 305 g/mol. The van der Waals surface area contributed by atoms with Crippen LogP contribution >= 0.6 is 11.3 Å². The molecule has 1 aromatic heterocycles. The minimum absolute atomic E-state index is 0.112. The van der Waals surface area contributed by atoms with Gasteiger partial charge in [-0.3, -0.25) is 4.79 Å². The van der Waals surface area contributed by atoms with E-state index in [1.165, 1.54) is 11.3 Å². The lowest BCUT2D eigenvalue weighted by molar-refractivity contribution is -0.116. The Morgan fingerprint density at radius 2 is 1.95 bits per heavy atom. The molecule has 0 saturated heterocycles. The zero-order chi connectivity index (χ0) is 15.4. The van der Waals surface area contributed by atoms with E-state index in [-0.39, 0.29) is 11.9 Å². The maximum absolute atomic E-state index is 12.1. The molecule has 0 bridgehead atoms. The number of nitrogens with zero attached hydrogens (tertiary/aromatic N) is 1. The zero-order valence-electron chi connectivity index (χ0n) is 12.6. The Hall–Kier alpha value is -2.08. The lowest BCUT2D eigenvalue weighted by atomic mass is 10.2. The maximum atomic E-state index is 12.1. The van der Waals surface area contributed by atoms with E-state index < -0.39 is 0 Å². The molecule has 2 N–H and O–H groups in total. The van der Waals surface area contributed by atoms with E-state index in [0.29, 0.717) is 5.13 Å². The molecule has 0 radical (unpaired) electrons. The fourth-order valence-corrected chi connectivity index (χ4v) is 2.56. The van der Waals surface area contributed by atoms with Crippen molar-refractivity contribution in [1.29, 1.82) is 0 Å². The molecule has 1 heterocycles. The fraction of sp³-hybridized carbons (Fsp3) is 0.333. The summed E-state index contributed by atoms with van der Waals surface area (Å²) in [6, 6.07) is 7.09. The number of rotatable bonds is 5. The van der Waals surface area contributed by atoms with Crippen LogP contribution in [0.4, 0.5) is 10.8 Å². The SMILES string of the molecule is COc1ccc(N[C@H](C)C(=O)Nc2nc(C)c(C)s2)cc1. The number of hydrogen-bond donors (Lipinski definition) is 2. The smallest absolute Gasteiger partial charge is 0.248 e. The molecule has 0 unspecified atom stereocenters. The van der Waals surface area contributed by atoms with Crippen LogP contribution in [0.3, 0.4) is 0 Å². The van der Waals surface area contributed by atoms with Gasteiger partial charge in [-0.1, -0.05) is 0 Å². The Morgan fingerprint density at radius 3 is 2.48 bits per heavy atom. The van der Waals surface area contributed by atoms with Crippen LogP contribution in [0.2, 0.25) is 0 Å². The highest BCUT2D eigenvalue weighted by molar-refractivity contribution is 7.15. The number of aromatic nitrogens is 1. The number of thiazole rings is 1. The van der Waals surface area contributed by atoms with Gasteiger partial charge in [-0.15, -0.1) is 11.3 Å². The fourth-order valence-electron chi connectivity index (χ4n) is 1.74. The summed E-state index contributed by atoms with van der Waals surface area (Å²) in [5, 5.41) is 6.61. The standard InChI is InChI=1S/C15H19N3O2S/c1-9-11(3)21-15(17-9)18-14(19)10(2)16-12-5-7-13(20-4)8-6-12/h5-8,10,16H,1-4H3,(H,17,18,19)/t10-/m1/s1. The second-order valence-corrected chi connectivity index (χ2v) is 5.95. The average molecular weight is 305 g/mol. The highest BCUT2D eigenvalue weighted by Gasteiger charge is 2.15. The zero-order valence-corrected chi connectivity index (χ0v) is 13.4. The minimum Gasteiger partial charge on any atom is -0.497 e. The van der Waals surface area contributed by atoms with Gasteiger partial charge in [-0.25, -0.2) is 4.98 Å². The van der Waals surface area contributed by atoms with E-state index in [2.05, 4.69) is 15.6 Å². The molecule has 0 saturated carbocycles. The molecule has 1 aromatic carbocycles. The second kappa shape index (κ2) is 6.58. The number of benzene rings is 1. The third-order valence-corrected chi connectivity index (χ3v) is 4.11. The quantitative estimate of drug-likeness (QED) is 0.890. The van der Waals surface area contributed by atoms with Crippen LogP contribution < -0.4 is 15.4 Å². The molecule has 1 atom stereocenters. The number of anilines is 2. The molecule has 2 rings (SSSR count). The summed E-state index contributed by atoms with van der Waals surface area (Å²) >= 11 is 1.48. The molecule has 0 aliphatic carbocycles. The van der Waals surface area contributed by atoms with Gasteiger partial charge in [0, 0.05) is 10.6 Å². The first-order valence-corrected chi connectivity index (χ1v) is 7.46. The first-order valence-electron chi connectivity index (χ1n) is 6.65. The van der Waals surface area contributed by atoms with Crippen molar-refractivity contribution >= 4 is 28.1 Å². The third-order valence-electron chi connectivity index (χ3n) is 3.13. The van der Waals surface area contributed by atoms with Crippen LogP contribution in [0.15, 0.2) is 24.3 Å². The summed E-state index contributed by atoms with van der Waals surface area (Å²) in [4.78, 5) is 17.5. The molecular weight excluding hydrogens is 286 g/mol. The van der Waals surface area contributed by atoms with Gasteiger partial charge in [-0.2, -0.15) is 0 Å². The third kappa shape index (κ3) is 3.95. The average Bonchev–Trinajstić information content (AvgIpc) is 2.78. The van der Waals surface area contributed by atoms with Crippen LogP contribution in [0, 0.1) is 13.8 Å². The van der Waals surface area contributed by atoms with Gasteiger partial charge >= 0.3 is 0 Å². The molecule has 5 nitrogen and oxygen atoms in total. The topological polar surface area (TPSA) is 63.2 Å². The molecule has 6 heteroatoms. The van der Waals surface area contributed by atoms with Crippen molar-refractivity contribution in [3.63, 3.8) is 0 Å². The molecule has 2 aromatic rings. The van der Waals surface area contributed by atoms with Crippen molar-refractivity contribution in [3.8, 4) is 5.75 Å². The molecule has 112 valence electrons. The lowest BCUT2D eigenvalue weighted by Crippen LogP contribution is -2.31. The summed E-state index contributed by atoms with van der Waals surface area (Å²) < 4.78 is 5.10. The minimum atomic E-state index is -0.358. The van der Waals surface area contributed by atoms with Gasteiger partial charge < -0.3 is 15.4 Å². The molecule has 1 amide bonds. The van der Waals surface area contributed by atoms with Crippen molar-refractivity contribution in [3.05, 3.63) is 34.8 Å². The normalized spacial score (nSPS) is 11.8. The predicted octanol–water partition coefficient (Wildman–Crippen LogP) is 3.21. The summed E-state index contributed by atoms with van der Waals surface area (Å²) in [5.41, 5.74) is 1.82. The van der Waals surface area contributed by atoms with E-state index in [1.807, 2.05) is 45.0 Å². The van der Waals surface area contributed by atoms with Crippen LogP contribution in [0.25, 0.3) is 0 Å². The number of nitrogens with one attached hydrogen (secondary N) is 2. The van der Waals surface area contributed by atoms with Gasteiger partial charge in [0.05, 0.1) is 12.8 Å². The van der Waals surface area contributed by atoms with E-state index in [9.17, 15) is 4.79 Å². The van der Waals surface area contributed by atoms with Gasteiger partial charge in [0.2, 0.25) is 5.91 Å². The Balaban J connectivity index is 1.95. The number of carbonyl (C=O) groups excluding carboxylic acids is 1. The van der Waals surface area contributed by atoms with E-state index in [4.69, 9.17) is 4.74 Å². The predicted molar refractivity (Wildman–Crippen MR) is 86.3 cm³/mol. The highest BCUT2D eigenvalue weighted by atomic mass is 32.1.